The van der Waals surface area contributed by atoms with Gasteiger partial charge in [-0.1, -0.05) is 6.07 Å². The predicted octanol–water partition coefficient (Wildman–Crippen LogP) is 1.75. The second-order valence-corrected chi connectivity index (χ2v) is 7.35. The lowest BCUT2D eigenvalue weighted by atomic mass is 10.2. The normalized spacial score (nSPS) is 14.1. The van der Waals surface area contributed by atoms with Crippen molar-refractivity contribution in [1.29, 1.82) is 0 Å². The number of hydrogen-bond donors (Lipinski definition) is 2. The number of aliphatic carboxylic acids is 2. The van der Waals surface area contributed by atoms with Gasteiger partial charge in [-0.05, 0) is 31.4 Å². The highest BCUT2D eigenvalue weighted by molar-refractivity contribution is 7.12. The molecule has 3 rings (SSSR count). The third kappa shape index (κ3) is 6.26. The van der Waals surface area contributed by atoms with Gasteiger partial charge in [-0.15, -0.1) is 11.3 Å². The van der Waals surface area contributed by atoms with Crippen LogP contribution in [0.4, 0.5) is 0 Å². The van der Waals surface area contributed by atoms with Crippen LogP contribution in [-0.4, -0.2) is 76.4 Å². The van der Waals surface area contributed by atoms with Gasteiger partial charge >= 0.3 is 11.9 Å². The molecule has 0 aromatic carbocycles. The number of furan rings is 1. The Balaban J connectivity index is 0.000000438. The average Bonchev–Trinajstić information content (AvgIpc) is 3.32. The molecule has 0 saturated carbocycles. The number of ketones is 1. The molecule has 1 amide bonds. The molecule has 0 unspecified atom stereocenters. The summed E-state index contributed by atoms with van der Waals surface area (Å²) in [5.74, 6) is -2.05. The van der Waals surface area contributed by atoms with Crippen LogP contribution in [0.2, 0.25) is 0 Å². The van der Waals surface area contributed by atoms with Crippen molar-refractivity contribution in [2.45, 2.75) is 13.8 Å². The number of rotatable bonds is 4. The van der Waals surface area contributed by atoms with Crippen molar-refractivity contribution in [3.8, 4) is 0 Å². The van der Waals surface area contributed by atoms with Crippen LogP contribution in [0.15, 0.2) is 28.0 Å². The predicted molar refractivity (Wildman–Crippen MR) is 104 cm³/mol. The number of carbonyl (C=O) groups excluding carboxylic acids is 2. The maximum atomic E-state index is 12.5. The van der Waals surface area contributed by atoms with Gasteiger partial charge in [-0.25, -0.2) is 9.59 Å². The Labute approximate surface area is 171 Å². The molecule has 0 bridgehead atoms. The van der Waals surface area contributed by atoms with Crippen LogP contribution in [0.1, 0.15) is 31.6 Å². The van der Waals surface area contributed by atoms with Crippen molar-refractivity contribution >= 4 is 35.0 Å². The molecular formula is C19H22N2O7S. The van der Waals surface area contributed by atoms with E-state index in [1.54, 1.807) is 6.07 Å². The van der Waals surface area contributed by atoms with Crippen molar-refractivity contribution in [3.05, 3.63) is 45.5 Å². The summed E-state index contributed by atoms with van der Waals surface area (Å²) in [5, 5.41) is 16.7. The van der Waals surface area contributed by atoms with Crippen LogP contribution in [0, 0.1) is 13.8 Å². The lowest BCUT2D eigenvalue weighted by Gasteiger charge is -2.34. The van der Waals surface area contributed by atoms with Crippen LogP contribution in [-0.2, 0) is 9.59 Å². The van der Waals surface area contributed by atoms with Gasteiger partial charge in [0.1, 0.15) is 11.5 Å². The summed E-state index contributed by atoms with van der Waals surface area (Å²) < 4.78 is 5.44. The summed E-state index contributed by atoms with van der Waals surface area (Å²) in [6, 6.07) is 5.55. The summed E-state index contributed by atoms with van der Waals surface area (Å²) in [6.45, 7) is 6.80. The largest absolute Gasteiger partial charge is 0.473 e. The standard InChI is InChI=1S/C17H20N2O3S.C2H2O4/c1-12-10-14(13(2)22-12)17(21)19-7-5-18(6-8-19)11-15(20)16-4-3-9-23-16;3-1(4)2(5)6/h3-4,9-10H,5-8,11H2,1-2H3;(H,3,4)(H,5,6). The molecule has 1 fully saturated rings. The van der Waals surface area contributed by atoms with Crippen LogP contribution in [0.25, 0.3) is 0 Å². The molecule has 0 radical (unpaired) electrons. The smallest absolute Gasteiger partial charge is 0.414 e. The van der Waals surface area contributed by atoms with Gasteiger partial charge in [0.25, 0.3) is 5.91 Å². The minimum atomic E-state index is -1.82. The summed E-state index contributed by atoms with van der Waals surface area (Å²) in [5.41, 5.74) is 0.644. The van der Waals surface area contributed by atoms with Crippen LogP contribution < -0.4 is 0 Å². The number of Topliss-reactive ketones (excluding diaryl/α,β-unsaturated/α-hetero) is 1. The molecule has 3 heterocycles. The zero-order valence-electron chi connectivity index (χ0n) is 16.1. The zero-order chi connectivity index (χ0) is 21.6. The SMILES string of the molecule is Cc1cc(C(=O)N2CCN(CC(=O)c3cccs3)CC2)c(C)o1.O=C(O)C(=O)O. The van der Waals surface area contributed by atoms with Gasteiger partial charge < -0.3 is 19.5 Å². The number of amides is 1. The Morgan fingerprint density at radius 3 is 2.14 bits per heavy atom. The maximum Gasteiger partial charge on any atom is 0.414 e. The summed E-state index contributed by atoms with van der Waals surface area (Å²) in [6.07, 6.45) is 0. The monoisotopic (exact) mass is 422 g/mol. The van der Waals surface area contributed by atoms with E-state index in [0.717, 1.165) is 23.7 Å². The molecule has 1 aliphatic rings. The molecule has 29 heavy (non-hydrogen) atoms. The highest BCUT2D eigenvalue weighted by atomic mass is 32.1. The molecule has 2 N–H and O–H groups in total. The van der Waals surface area contributed by atoms with Crippen molar-refractivity contribution in [3.63, 3.8) is 0 Å². The van der Waals surface area contributed by atoms with Crippen molar-refractivity contribution in [2.75, 3.05) is 32.7 Å². The van der Waals surface area contributed by atoms with E-state index in [9.17, 15) is 9.59 Å². The molecule has 9 nitrogen and oxygen atoms in total. The van der Waals surface area contributed by atoms with E-state index in [4.69, 9.17) is 24.2 Å². The Hall–Kier alpha value is -2.98. The van der Waals surface area contributed by atoms with E-state index in [1.165, 1.54) is 11.3 Å². The van der Waals surface area contributed by atoms with Gasteiger partial charge in [-0.3, -0.25) is 14.5 Å². The molecule has 2 aromatic heterocycles. The topological polar surface area (TPSA) is 128 Å². The van der Waals surface area contributed by atoms with Crippen LogP contribution >= 0.6 is 11.3 Å². The first-order chi connectivity index (χ1) is 13.7. The minimum Gasteiger partial charge on any atom is -0.473 e. The molecule has 1 saturated heterocycles. The molecule has 1 aliphatic heterocycles. The van der Waals surface area contributed by atoms with E-state index >= 15 is 0 Å². The van der Waals surface area contributed by atoms with E-state index < -0.39 is 11.9 Å². The second-order valence-electron chi connectivity index (χ2n) is 6.41. The molecule has 10 heteroatoms. The first-order valence-corrected chi connectivity index (χ1v) is 9.68. The van der Waals surface area contributed by atoms with Crippen molar-refractivity contribution in [1.82, 2.24) is 9.80 Å². The van der Waals surface area contributed by atoms with Gasteiger partial charge in [0.2, 0.25) is 0 Å². The fraction of sp³-hybridized carbons (Fsp3) is 0.368. The van der Waals surface area contributed by atoms with Gasteiger partial charge in [0.15, 0.2) is 5.78 Å². The number of piperazine rings is 1. The zero-order valence-corrected chi connectivity index (χ0v) is 16.9. The quantitative estimate of drug-likeness (QED) is 0.563. The fourth-order valence-electron chi connectivity index (χ4n) is 2.84. The van der Waals surface area contributed by atoms with Crippen LogP contribution in [0.3, 0.4) is 0 Å². The van der Waals surface area contributed by atoms with Crippen molar-refractivity contribution in [2.24, 2.45) is 0 Å². The molecular weight excluding hydrogens is 400 g/mol. The molecule has 0 aliphatic carbocycles. The summed E-state index contributed by atoms with van der Waals surface area (Å²) >= 11 is 1.48. The minimum absolute atomic E-state index is 0.0172. The molecule has 0 spiro atoms. The molecule has 156 valence electrons. The number of carboxylic acids is 2. The average molecular weight is 422 g/mol. The van der Waals surface area contributed by atoms with E-state index in [0.29, 0.717) is 31.0 Å². The third-order valence-corrected chi connectivity index (χ3v) is 5.19. The number of nitrogens with zero attached hydrogens (tertiary/aromatic N) is 2. The highest BCUT2D eigenvalue weighted by Crippen LogP contribution is 2.17. The number of carboxylic acid groups (broad SMARTS) is 2. The highest BCUT2D eigenvalue weighted by Gasteiger charge is 2.25. The van der Waals surface area contributed by atoms with Gasteiger partial charge in [0, 0.05) is 26.2 Å². The third-order valence-electron chi connectivity index (χ3n) is 4.28. The van der Waals surface area contributed by atoms with E-state index in [-0.39, 0.29) is 11.7 Å². The van der Waals surface area contributed by atoms with Crippen LogP contribution in [0.5, 0.6) is 0 Å². The lowest BCUT2D eigenvalue weighted by molar-refractivity contribution is -0.159. The second kappa shape index (κ2) is 9.99. The van der Waals surface area contributed by atoms with Crippen molar-refractivity contribution < 1.29 is 33.8 Å². The first kappa shape index (κ1) is 22.3. The van der Waals surface area contributed by atoms with E-state index in [2.05, 4.69) is 4.90 Å². The van der Waals surface area contributed by atoms with Gasteiger partial charge in [-0.2, -0.15) is 0 Å². The van der Waals surface area contributed by atoms with E-state index in [1.807, 2.05) is 36.3 Å². The van der Waals surface area contributed by atoms with Gasteiger partial charge in [0.05, 0.1) is 17.0 Å². The maximum absolute atomic E-state index is 12.5. The number of hydrogen-bond acceptors (Lipinski definition) is 7. The Morgan fingerprint density at radius 1 is 1.07 bits per heavy atom. The molecule has 2 aromatic rings. The molecule has 0 atom stereocenters. The number of carbonyl (C=O) groups is 4. The number of aryl methyl sites for hydroxylation is 2. The first-order valence-electron chi connectivity index (χ1n) is 8.80. The Bertz CT molecular complexity index is 869. The number of thiophene rings is 1. The Morgan fingerprint density at radius 2 is 1.69 bits per heavy atom. The lowest BCUT2D eigenvalue weighted by Crippen LogP contribution is -2.49. The Kier molecular flexibility index (Phi) is 7.68. The summed E-state index contributed by atoms with van der Waals surface area (Å²) in [4.78, 5) is 47.6. The fourth-order valence-corrected chi connectivity index (χ4v) is 3.50. The summed E-state index contributed by atoms with van der Waals surface area (Å²) in [7, 11) is 0.